The zero-order valence-corrected chi connectivity index (χ0v) is 13.3. The monoisotopic (exact) mass is 304 g/mol. The van der Waals surface area contributed by atoms with Gasteiger partial charge < -0.3 is 9.47 Å². The molecule has 120 valence electrons. The van der Waals surface area contributed by atoms with Crippen molar-refractivity contribution in [1.29, 1.82) is 0 Å². The van der Waals surface area contributed by atoms with Gasteiger partial charge in [0.25, 0.3) is 0 Å². The van der Waals surface area contributed by atoms with Crippen LogP contribution in [0.2, 0.25) is 0 Å². The van der Waals surface area contributed by atoms with Crippen molar-refractivity contribution in [2.45, 2.75) is 69.9 Å². The van der Waals surface area contributed by atoms with E-state index in [-0.39, 0.29) is 17.5 Å². The summed E-state index contributed by atoms with van der Waals surface area (Å²) in [6.45, 7) is 2.55. The number of ether oxygens (including phenoxy) is 2. The fraction of sp³-hybridized carbons (Fsp3) is 0.684. The number of fused-ring (bicyclic) bond motifs is 1. The van der Waals surface area contributed by atoms with Crippen LogP contribution in [0, 0.1) is 17.7 Å². The fourth-order valence-electron chi connectivity index (χ4n) is 4.90. The summed E-state index contributed by atoms with van der Waals surface area (Å²) in [5.41, 5.74) is 0.463. The molecule has 0 radical (unpaired) electrons. The maximum Gasteiger partial charge on any atom is 0.128 e. The summed E-state index contributed by atoms with van der Waals surface area (Å²) in [5, 5.41) is 0. The van der Waals surface area contributed by atoms with Crippen LogP contribution >= 0.6 is 0 Å². The molecule has 0 N–H and O–H groups in total. The van der Waals surface area contributed by atoms with Gasteiger partial charge in [-0.25, -0.2) is 4.39 Å². The van der Waals surface area contributed by atoms with Gasteiger partial charge in [0.05, 0.1) is 24.4 Å². The average molecular weight is 304 g/mol. The lowest BCUT2D eigenvalue weighted by molar-refractivity contribution is -0.267. The van der Waals surface area contributed by atoms with E-state index >= 15 is 0 Å². The van der Waals surface area contributed by atoms with Gasteiger partial charge in [0, 0.05) is 5.56 Å². The third-order valence-electron chi connectivity index (χ3n) is 6.05. The summed E-state index contributed by atoms with van der Waals surface area (Å²) in [7, 11) is 0. The Kier molecular flexibility index (Phi) is 3.74. The van der Waals surface area contributed by atoms with E-state index in [0.717, 1.165) is 18.8 Å². The molecule has 2 aliphatic heterocycles. The molecule has 4 bridgehead atoms. The predicted molar refractivity (Wildman–Crippen MR) is 82.9 cm³/mol. The Hall–Kier alpha value is -0.930. The number of benzene rings is 1. The molecule has 2 aliphatic carbocycles. The first kappa shape index (κ1) is 14.6. The second-order valence-corrected chi connectivity index (χ2v) is 7.51. The van der Waals surface area contributed by atoms with Crippen molar-refractivity contribution in [2.24, 2.45) is 11.8 Å². The zero-order valence-electron chi connectivity index (χ0n) is 13.3. The highest BCUT2D eigenvalue weighted by Gasteiger charge is 2.55. The van der Waals surface area contributed by atoms with Gasteiger partial charge >= 0.3 is 0 Å². The number of rotatable bonds is 3. The highest BCUT2D eigenvalue weighted by Crippen LogP contribution is 2.53. The number of hydrogen-bond acceptors (Lipinski definition) is 2. The van der Waals surface area contributed by atoms with Gasteiger partial charge in [-0.2, -0.15) is 0 Å². The minimum Gasteiger partial charge on any atom is -0.370 e. The molecular weight excluding hydrogens is 279 g/mol. The van der Waals surface area contributed by atoms with Crippen LogP contribution in [0.15, 0.2) is 24.3 Å². The summed E-state index contributed by atoms with van der Waals surface area (Å²) in [6.07, 6.45) is 7.92. The lowest BCUT2D eigenvalue weighted by Gasteiger charge is -2.56. The van der Waals surface area contributed by atoms with Crippen molar-refractivity contribution in [2.75, 3.05) is 0 Å². The molecule has 2 saturated heterocycles. The first-order valence-electron chi connectivity index (χ1n) is 8.68. The molecule has 0 spiro atoms. The van der Waals surface area contributed by atoms with Crippen LogP contribution in [0.3, 0.4) is 0 Å². The maximum absolute atomic E-state index is 13.8. The molecule has 5 rings (SSSR count). The summed E-state index contributed by atoms with van der Waals surface area (Å²) >= 11 is 0. The number of hydrogen-bond donors (Lipinski definition) is 0. The van der Waals surface area contributed by atoms with E-state index in [0.29, 0.717) is 24.2 Å². The van der Waals surface area contributed by atoms with Crippen LogP contribution in [0.1, 0.15) is 51.0 Å². The summed E-state index contributed by atoms with van der Waals surface area (Å²) in [4.78, 5) is 0. The molecule has 1 aromatic carbocycles. The predicted octanol–water partition coefficient (Wildman–Crippen LogP) is 4.47. The molecule has 1 aromatic rings. The van der Waals surface area contributed by atoms with E-state index in [1.54, 1.807) is 12.1 Å². The van der Waals surface area contributed by atoms with Crippen LogP contribution in [0.25, 0.3) is 0 Å². The second-order valence-electron chi connectivity index (χ2n) is 7.51. The third kappa shape index (κ3) is 2.48. The van der Waals surface area contributed by atoms with Crippen LogP contribution in [0.4, 0.5) is 4.39 Å². The van der Waals surface area contributed by atoms with Crippen LogP contribution in [0.5, 0.6) is 0 Å². The summed E-state index contributed by atoms with van der Waals surface area (Å²) < 4.78 is 26.3. The SMILES string of the molecule is C[C@@]12C[C@H]3CCCC[C@@H](O1)C3C[C@@H]2OCc1ccccc1F. The molecule has 2 heterocycles. The van der Waals surface area contributed by atoms with Gasteiger partial charge in [-0.3, -0.25) is 0 Å². The van der Waals surface area contributed by atoms with Crippen LogP contribution in [-0.2, 0) is 16.1 Å². The molecule has 2 nitrogen and oxygen atoms in total. The molecule has 1 unspecified atom stereocenters. The standard InChI is InChI=1S/C19H25FO2/c1-19-11-13-6-3-5-9-17(22-19)15(13)10-18(19)21-12-14-7-2-4-8-16(14)20/h2,4,7-8,13,15,17-18H,3,5-6,9-12H2,1H3/t13-,15?,17-,18+,19+/m1/s1. The van der Waals surface area contributed by atoms with Gasteiger partial charge in [-0.1, -0.05) is 31.0 Å². The van der Waals surface area contributed by atoms with Crippen LogP contribution < -0.4 is 0 Å². The van der Waals surface area contributed by atoms with Gasteiger partial charge in [0.2, 0.25) is 0 Å². The molecule has 4 aliphatic rings. The lowest BCUT2D eigenvalue weighted by atomic mass is 9.65. The first-order valence-corrected chi connectivity index (χ1v) is 8.68. The molecule has 5 atom stereocenters. The van der Waals surface area contributed by atoms with Gasteiger partial charge in [0.1, 0.15) is 5.82 Å². The van der Waals surface area contributed by atoms with Gasteiger partial charge in [-0.05, 0) is 50.5 Å². The van der Waals surface area contributed by atoms with Crippen molar-refractivity contribution in [3.05, 3.63) is 35.6 Å². The Balaban J connectivity index is 1.47. The van der Waals surface area contributed by atoms with E-state index in [4.69, 9.17) is 9.47 Å². The maximum atomic E-state index is 13.8. The Morgan fingerprint density at radius 2 is 2.09 bits per heavy atom. The van der Waals surface area contributed by atoms with Crippen molar-refractivity contribution in [3.8, 4) is 0 Å². The molecule has 2 saturated carbocycles. The quantitative estimate of drug-likeness (QED) is 0.820. The lowest BCUT2D eigenvalue weighted by Crippen LogP contribution is -2.60. The molecule has 3 heteroatoms. The minimum atomic E-state index is -0.181. The van der Waals surface area contributed by atoms with Gasteiger partial charge in [0.15, 0.2) is 0 Å². The highest BCUT2D eigenvalue weighted by atomic mass is 19.1. The Labute approximate surface area is 132 Å². The second kappa shape index (κ2) is 5.61. The smallest absolute Gasteiger partial charge is 0.128 e. The molecule has 0 amide bonds. The highest BCUT2D eigenvalue weighted by molar-refractivity contribution is 5.16. The first-order chi connectivity index (χ1) is 10.7. The van der Waals surface area contributed by atoms with Crippen molar-refractivity contribution in [3.63, 3.8) is 0 Å². The third-order valence-corrected chi connectivity index (χ3v) is 6.05. The van der Waals surface area contributed by atoms with E-state index in [9.17, 15) is 4.39 Å². The molecular formula is C19H25FO2. The number of halogens is 1. The zero-order chi connectivity index (χ0) is 15.2. The average Bonchev–Trinajstić information content (AvgIpc) is 2.64. The Bertz CT molecular complexity index is 528. The van der Waals surface area contributed by atoms with Crippen LogP contribution in [-0.4, -0.2) is 17.8 Å². The van der Waals surface area contributed by atoms with E-state index < -0.39 is 0 Å². The topological polar surface area (TPSA) is 18.5 Å². The summed E-state index contributed by atoms with van der Waals surface area (Å²) in [5.74, 6) is 1.28. The minimum absolute atomic E-state index is 0.0997. The largest absolute Gasteiger partial charge is 0.370 e. The molecule has 4 fully saturated rings. The molecule has 0 aromatic heterocycles. The van der Waals surface area contributed by atoms with E-state index in [2.05, 4.69) is 6.92 Å². The fourth-order valence-corrected chi connectivity index (χ4v) is 4.90. The Morgan fingerprint density at radius 1 is 1.27 bits per heavy atom. The van der Waals surface area contributed by atoms with Crippen molar-refractivity contribution < 1.29 is 13.9 Å². The summed E-state index contributed by atoms with van der Waals surface area (Å²) in [6, 6.07) is 6.88. The Morgan fingerprint density at radius 3 is 2.91 bits per heavy atom. The van der Waals surface area contributed by atoms with Crippen molar-refractivity contribution >= 4 is 0 Å². The van der Waals surface area contributed by atoms with Gasteiger partial charge in [-0.15, -0.1) is 0 Å². The van der Waals surface area contributed by atoms with E-state index in [1.165, 1.54) is 31.7 Å². The normalized spacial score (nSPS) is 40.5. The van der Waals surface area contributed by atoms with Crippen molar-refractivity contribution in [1.82, 2.24) is 0 Å². The van der Waals surface area contributed by atoms with E-state index in [1.807, 2.05) is 6.07 Å². The molecule has 22 heavy (non-hydrogen) atoms.